The minimum Gasteiger partial charge on any atom is -0.0616 e. The smallest absolute Gasteiger partial charge is 0.00923 e. The van der Waals surface area contributed by atoms with Gasteiger partial charge in [0.25, 0.3) is 0 Å². The van der Waals surface area contributed by atoms with Crippen molar-refractivity contribution in [1.82, 2.24) is 0 Å². The Hall–Kier alpha value is -7.54. The first kappa shape index (κ1) is 32.7. The summed E-state index contributed by atoms with van der Waals surface area (Å²) in [6, 6.07) is 81.1. The molecule has 12 rings (SSSR count). The van der Waals surface area contributed by atoms with Crippen LogP contribution in [-0.2, 0) is 0 Å². The first-order valence-corrected chi connectivity index (χ1v) is 20.1. The third-order valence-corrected chi connectivity index (χ3v) is 12.4. The Labute approximate surface area is 336 Å². The molecule has 0 saturated heterocycles. The summed E-state index contributed by atoms with van der Waals surface area (Å²) in [5, 5.41) is 17.6. The summed E-state index contributed by atoms with van der Waals surface area (Å²) in [4.78, 5) is 0. The molecular formula is C58H36. The van der Waals surface area contributed by atoms with Crippen LogP contribution in [0.1, 0.15) is 0 Å². The molecule has 0 spiro atoms. The fourth-order valence-electron chi connectivity index (χ4n) is 9.35. The summed E-state index contributed by atoms with van der Waals surface area (Å²) in [6.45, 7) is 0. The van der Waals surface area contributed by atoms with Gasteiger partial charge in [-0.05, 0) is 168 Å². The van der Waals surface area contributed by atoms with E-state index < -0.39 is 0 Å². The molecule has 268 valence electrons. The largest absolute Gasteiger partial charge is 0.0616 e. The van der Waals surface area contributed by atoms with Crippen LogP contribution in [0.25, 0.3) is 120 Å². The molecule has 0 nitrogen and oxygen atoms in total. The van der Waals surface area contributed by atoms with Crippen molar-refractivity contribution in [2.45, 2.75) is 0 Å². The number of fused-ring (bicyclic) bond motifs is 9. The van der Waals surface area contributed by atoms with E-state index in [0.29, 0.717) is 0 Å². The van der Waals surface area contributed by atoms with Gasteiger partial charge < -0.3 is 0 Å². The van der Waals surface area contributed by atoms with E-state index in [1.54, 1.807) is 0 Å². The topological polar surface area (TPSA) is 0 Å². The van der Waals surface area contributed by atoms with E-state index in [2.05, 4.69) is 218 Å². The fourth-order valence-corrected chi connectivity index (χ4v) is 9.35. The van der Waals surface area contributed by atoms with Gasteiger partial charge in [0.1, 0.15) is 0 Å². The molecule has 0 unspecified atom stereocenters. The molecule has 0 saturated carbocycles. The molecule has 0 aliphatic carbocycles. The van der Waals surface area contributed by atoms with Gasteiger partial charge in [-0.3, -0.25) is 0 Å². The van der Waals surface area contributed by atoms with Crippen molar-refractivity contribution in [3.63, 3.8) is 0 Å². The summed E-state index contributed by atoms with van der Waals surface area (Å²) in [5.41, 5.74) is 9.91. The lowest BCUT2D eigenvalue weighted by molar-refractivity contribution is 1.66. The Morgan fingerprint density at radius 1 is 0.155 bits per heavy atom. The maximum Gasteiger partial charge on any atom is -0.00923 e. The van der Waals surface area contributed by atoms with Gasteiger partial charge in [-0.2, -0.15) is 0 Å². The van der Waals surface area contributed by atoms with E-state index in [4.69, 9.17) is 0 Å². The number of hydrogen-bond acceptors (Lipinski definition) is 0. The number of benzene rings is 12. The summed E-state index contributed by atoms with van der Waals surface area (Å²) in [5.74, 6) is 0. The van der Waals surface area contributed by atoms with Crippen molar-refractivity contribution in [3.8, 4) is 44.5 Å². The molecule has 0 amide bonds. The first-order valence-electron chi connectivity index (χ1n) is 20.1. The zero-order chi connectivity index (χ0) is 38.2. The third-order valence-electron chi connectivity index (χ3n) is 12.4. The van der Waals surface area contributed by atoms with Crippen LogP contribution in [0.2, 0.25) is 0 Å². The standard InChI is InChI=1S/C58H36/c1-3-11-41-29-43(23-17-37(41)9-1)45-25-19-39-21-27-47(33-49(39)31-45)55-35-57-54-16-8-6-14-52(54)56(36-58(57)53-15-7-5-13-51(53)55)48-28-22-40-20-26-46(32-50(40)34-48)44-24-18-38-10-2-4-12-42(38)30-44/h1-36H. The van der Waals surface area contributed by atoms with E-state index in [1.807, 2.05) is 0 Å². The van der Waals surface area contributed by atoms with Gasteiger partial charge in [-0.1, -0.05) is 170 Å². The van der Waals surface area contributed by atoms with E-state index in [1.165, 1.54) is 120 Å². The van der Waals surface area contributed by atoms with Gasteiger partial charge in [0.2, 0.25) is 0 Å². The number of rotatable bonds is 4. The minimum absolute atomic E-state index is 1.23. The summed E-state index contributed by atoms with van der Waals surface area (Å²) in [7, 11) is 0. The van der Waals surface area contributed by atoms with Crippen molar-refractivity contribution < 1.29 is 0 Å². The summed E-state index contributed by atoms with van der Waals surface area (Å²) >= 11 is 0. The quantitative estimate of drug-likeness (QED) is 0.158. The van der Waals surface area contributed by atoms with E-state index >= 15 is 0 Å². The van der Waals surface area contributed by atoms with Gasteiger partial charge in [0.05, 0.1) is 0 Å². The molecule has 0 heteroatoms. The van der Waals surface area contributed by atoms with Gasteiger partial charge in [-0.25, -0.2) is 0 Å². The van der Waals surface area contributed by atoms with Crippen LogP contribution in [0, 0.1) is 0 Å². The maximum atomic E-state index is 2.44. The lowest BCUT2D eigenvalue weighted by Crippen LogP contribution is -1.89. The highest BCUT2D eigenvalue weighted by Gasteiger charge is 2.16. The molecule has 12 aromatic rings. The predicted molar refractivity (Wildman–Crippen MR) is 251 cm³/mol. The van der Waals surface area contributed by atoms with Crippen molar-refractivity contribution in [3.05, 3.63) is 218 Å². The van der Waals surface area contributed by atoms with Gasteiger partial charge >= 0.3 is 0 Å². The normalized spacial score (nSPS) is 11.8. The second kappa shape index (κ2) is 13.0. The SMILES string of the molecule is c1ccc2cc(-c3ccc4ccc(-c5cc6c7ccccc7c(-c7ccc8ccc(-c9ccc%10ccccc%10c9)cc8c7)cc6c6ccccc56)cc4c3)ccc2c1. The molecule has 0 fully saturated rings. The second-order valence-corrected chi connectivity index (χ2v) is 15.7. The molecule has 0 aliphatic heterocycles. The van der Waals surface area contributed by atoms with Crippen molar-refractivity contribution in [1.29, 1.82) is 0 Å². The van der Waals surface area contributed by atoms with Gasteiger partial charge in [0.15, 0.2) is 0 Å². The Bertz CT molecular complexity index is 3380. The lowest BCUT2D eigenvalue weighted by Gasteiger charge is -2.17. The summed E-state index contributed by atoms with van der Waals surface area (Å²) in [6.07, 6.45) is 0. The Morgan fingerprint density at radius 3 is 0.828 bits per heavy atom. The molecule has 0 radical (unpaired) electrons. The Kier molecular flexibility index (Phi) is 7.33. The highest BCUT2D eigenvalue weighted by molar-refractivity contribution is 6.24. The summed E-state index contributed by atoms with van der Waals surface area (Å²) < 4.78 is 0. The van der Waals surface area contributed by atoms with Crippen LogP contribution in [0.5, 0.6) is 0 Å². The molecule has 0 heterocycles. The van der Waals surface area contributed by atoms with E-state index in [9.17, 15) is 0 Å². The van der Waals surface area contributed by atoms with Crippen molar-refractivity contribution >= 4 is 75.4 Å². The van der Waals surface area contributed by atoms with Crippen molar-refractivity contribution in [2.75, 3.05) is 0 Å². The zero-order valence-electron chi connectivity index (χ0n) is 31.8. The number of hydrogen-bond donors (Lipinski definition) is 0. The molecule has 0 atom stereocenters. The third kappa shape index (κ3) is 5.38. The molecule has 58 heavy (non-hydrogen) atoms. The maximum absolute atomic E-state index is 2.44. The first-order chi connectivity index (χ1) is 28.7. The molecule has 0 bridgehead atoms. The highest BCUT2D eigenvalue weighted by atomic mass is 14.2. The van der Waals surface area contributed by atoms with Crippen LogP contribution >= 0.6 is 0 Å². The van der Waals surface area contributed by atoms with Crippen LogP contribution in [-0.4, -0.2) is 0 Å². The second-order valence-electron chi connectivity index (χ2n) is 15.7. The molecule has 12 aromatic carbocycles. The molecular weight excluding hydrogens is 697 g/mol. The Balaban J connectivity index is 1.01. The molecule has 0 N–H and O–H groups in total. The average Bonchev–Trinajstić information content (AvgIpc) is 3.30. The van der Waals surface area contributed by atoms with Gasteiger partial charge in [0, 0.05) is 0 Å². The molecule has 0 aromatic heterocycles. The molecule has 0 aliphatic rings. The van der Waals surface area contributed by atoms with Crippen LogP contribution in [0.4, 0.5) is 0 Å². The van der Waals surface area contributed by atoms with E-state index in [-0.39, 0.29) is 0 Å². The minimum atomic E-state index is 1.23. The fraction of sp³-hybridized carbons (Fsp3) is 0. The average molecular weight is 733 g/mol. The Morgan fingerprint density at radius 2 is 0.431 bits per heavy atom. The zero-order valence-corrected chi connectivity index (χ0v) is 31.8. The lowest BCUT2D eigenvalue weighted by atomic mass is 9.87. The van der Waals surface area contributed by atoms with E-state index in [0.717, 1.165) is 0 Å². The highest BCUT2D eigenvalue weighted by Crippen LogP contribution is 2.43. The van der Waals surface area contributed by atoms with Crippen LogP contribution in [0.15, 0.2) is 218 Å². The van der Waals surface area contributed by atoms with Crippen molar-refractivity contribution in [2.24, 2.45) is 0 Å². The predicted octanol–water partition coefficient (Wildman–Crippen LogP) is 16.4. The van der Waals surface area contributed by atoms with Crippen LogP contribution < -0.4 is 0 Å². The monoisotopic (exact) mass is 732 g/mol. The van der Waals surface area contributed by atoms with Crippen LogP contribution in [0.3, 0.4) is 0 Å². The van der Waals surface area contributed by atoms with Gasteiger partial charge in [-0.15, -0.1) is 0 Å².